The fourth-order valence-electron chi connectivity index (χ4n) is 4.46. The molecule has 0 saturated carbocycles. The summed E-state index contributed by atoms with van der Waals surface area (Å²) < 4.78 is 30.8. The molecule has 0 N–H and O–H groups in total. The zero-order chi connectivity index (χ0) is 25.0. The molecule has 1 heterocycles. The van der Waals surface area contributed by atoms with Crippen LogP contribution in [0.5, 0.6) is 0 Å². The number of hydrogen-bond acceptors (Lipinski definition) is 2. The number of anilines is 3. The fraction of sp³-hybridized carbons (Fsp3) is 0.0345. The molecule has 0 saturated heterocycles. The first-order valence-electron chi connectivity index (χ1n) is 12.0. The Kier molecular flexibility index (Phi) is 4.06. The zero-order valence-corrected chi connectivity index (χ0v) is 18.9. The fourth-order valence-corrected chi connectivity index (χ4v) is 4.84. The zero-order valence-electron chi connectivity index (χ0n) is 20.3. The van der Waals surface area contributed by atoms with Crippen molar-refractivity contribution in [3.8, 4) is 0 Å². The number of halogens is 2. The van der Waals surface area contributed by atoms with Crippen molar-refractivity contribution < 1.29 is 8.53 Å². The van der Waals surface area contributed by atoms with Gasteiger partial charge in [0.25, 0.3) is 0 Å². The maximum Gasteiger partial charge on any atom is 0.140 e. The Bertz CT molecular complexity index is 1760. The first-order chi connectivity index (χ1) is 17.3. The van der Waals surface area contributed by atoms with Crippen molar-refractivity contribution in [3.05, 3.63) is 113 Å². The number of aryl methyl sites for hydroxylation is 1. The van der Waals surface area contributed by atoms with Crippen molar-refractivity contribution in [1.29, 1.82) is 0 Å². The quantitative estimate of drug-likeness (QED) is 0.255. The molecule has 1 aromatic heterocycles. The van der Waals surface area contributed by atoms with Crippen LogP contribution in [0.3, 0.4) is 0 Å². The van der Waals surface area contributed by atoms with Gasteiger partial charge >= 0.3 is 0 Å². The minimum atomic E-state index is -2.36. The van der Waals surface area contributed by atoms with Crippen LogP contribution in [0, 0.1) is 6.85 Å². The van der Waals surface area contributed by atoms with Gasteiger partial charge in [-0.1, -0.05) is 83.9 Å². The third kappa shape index (κ3) is 3.18. The van der Waals surface area contributed by atoms with Crippen LogP contribution in [-0.2, 0) is 0 Å². The molecular formula is C29H19Cl2NO. The van der Waals surface area contributed by atoms with Crippen LogP contribution < -0.4 is 4.90 Å². The molecule has 0 fully saturated rings. The summed E-state index contributed by atoms with van der Waals surface area (Å²) in [6.07, 6.45) is 0. The minimum absolute atomic E-state index is 0.159. The number of fused-ring (bicyclic) bond motifs is 5. The highest BCUT2D eigenvalue weighted by Crippen LogP contribution is 2.47. The van der Waals surface area contributed by atoms with Crippen LogP contribution in [0.15, 0.2) is 101 Å². The van der Waals surface area contributed by atoms with Crippen molar-refractivity contribution in [2.24, 2.45) is 0 Å². The monoisotopic (exact) mass is 470 g/mol. The molecule has 0 spiro atoms. The summed E-state index contributed by atoms with van der Waals surface area (Å²) in [6, 6.07) is 30.6. The normalized spacial score (nSPS) is 13.2. The summed E-state index contributed by atoms with van der Waals surface area (Å²) in [5.41, 5.74) is 3.37. The number of nitrogens with zero attached hydrogens (tertiary/aromatic N) is 1. The van der Waals surface area contributed by atoms with Crippen molar-refractivity contribution in [2.45, 2.75) is 6.85 Å². The van der Waals surface area contributed by atoms with E-state index in [4.69, 9.17) is 31.7 Å². The summed E-state index contributed by atoms with van der Waals surface area (Å²) in [5, 5.41) is 4.38. The third-order valence-electron chi connectivity index (χ3n) is 5.92. The lowest BCUT2D eigenvalue weighted by molar-refractivity contribution is 0.666. The molecule has 2 nitrogen and oxygen atoms in total. The molecule has 5 aromatic carbocycles. The first-order valence-corrected chi connectivity index (χ1v) is 11.3. The van der Waals surface area contributed by atoms with Gasteiger partial charge in [0.15, 0.2) is 0 Å². The lowest BCUT2D eigenvalue weighted by atomic mass is 10.0. The van der Waals surface area contributed by atoms with Gasteiger partial charge in [0, 0.05) is 15.2 Å². The molecule has 0 aliphatic rings. The highest BCUT2D eigenvalue weighted by Gasteiger charge is 2.23. The molecule has 4 heteroatoms. The molecule has 0 aliphatic carbocycles. The van der Waals surface area contributed by atoms with Crippen LogP contribution in [0.4, 0.5) is 17.1 Å². The lowest BCUT2D eigenvalue weighted by Gasteiger charge is -2.27. The molecule has 6 rings (SSSR count). The van der Waals surface area contributed by atoms with Gasteiger partial charge in [-0.25, -0.2) is 0 Å². The van der Waals surface area contributed by atoms with E-state index in [2.05, 4.69) is 0 Å². The third-order valence-corrected chi connectivity index (χ3v) is 6.72. The van der Waals surface area contributed by atoms with Crippen LogP contribution in [0.25, 0.3) is 32.7 Å². The van der Waals surface area contributed by atoms with E-state index in [0.717, 1.165) is 27.5 Å². The van der Waals surface area contributed by atoms with Gasteiger partial charge in [0.05, 0.1) is 26.8 Å². The molecule has 0 radical (unpaired) electrons. The van der Waals surface area contributed by atoms with E-state index in [1.165, 1.54) is 0 Å². The van der Waals surface area contributed by atoms with Crippen LogP contribution >= 0.6 is 23.2 Å². The van der Waals surface area contributed by atoms with E-state index in [1.807, 2.05) is 89.8 Å². The summed E-state index contributed by atoms with van der Waals surface area (Å²) in [5.74, 6) is 0. The lowest BCUT2D eigenvalue weighted by Crippen LogP contribution is -2.11. The van der Waals surface area contributed by atoms with Crippen LogP contribution in [0.2, 0.25) is 10.0 Å². The van der Waals surface area contributed by atoms with Crippen LogP contribution in [0.1, 0.15) is 9.68 Å². The predicted octanol–water partition coefficient (Wildman–Crippen LogP) is 9.82. The molecule has 0 unspecified atom stereocenters. The molecule has 6 aromatic rings. The average Bonchev–Trinajstić information content (AvgIpc) is 3.27. The van der Waals surface area contributed by atoms with Gasteiger partial charge in [0.2, 0.25) is 0 Å². The molecule has 33 heavy (non-hydrogen) atoms. The molecule has 160 valence electrons. The maximum atomic E-state index is 8.18. The van der Waals surface area contributed by atoms with E-state index in [9.17, 15) is 0 Å². The number of rotatable bonds is 3. The summed E-state index contributed by atoms with van der Waals surface area (Å²) in [6.45, 7) is -2.36. The Morgan fingerprint density at radius 3 is 2.39 bits per heavy atom. The number of benzene rings is 5. The second-order valence-electron chi connectivity index (χ2n) is 7.84. The van der Waals surface area contributed by atoms with E-state index in [1.54, 1.807) is 12.1 Å². The number of para-hydroxylation sites is 1. The molecule has 0 amide bonds. The SMILES string of the molecule is [2H]C([2H])([2H])c1ccc(N(c2ccccc2)c2cccc(Cl)c2Cl)c2c1oc1ccc3ccccc3c12. The van der Waals surface area contributed by atoms with Gasteiger partial charge in [-0.2, -0.15) is 0 Å². The smallest absolute Gasteiger partial charge is 0.140 e. The largest absolute Gasteiger partial charge is 0.456 e. The summed E-state index contributed by atoms with van der Waals surface area (Å²) in [7, 11) is 0. The average molecular weight is 471 g/mol. The van der Waals surface area contributed by atoms with E-state index >= 15 is 0 Å². The Morgan fingerprint density at radius 2 is 1.55 bits per heavy atom. The van der Waals surface area contributed by atoms with Crippen molar-refractivity contribution in [1.82, 2.24) is 0 Å². The van der Waals surface area contributed by atoms with Gasteiger partial charge in [-0.05, 0) is 59.6 Å². The second kappa shape index (κ2) is 7.84. The highest BCUT2D eigenvalue weighted by atomic mass is 35.5. The second-order valence-corrected chi connectivity index (χ2v) is 8.63. The first kappa shape index (κ1) is 17.1. The van der Waals surface area contributed by atoms with E-state index in [-0.39, 0.29) is 5.56 Å². The Labute approximate surface area is 205 Å². The standard InChI is InChI=1S/C29H19Cl2NO/c1-18-14-16-23(27-26-21-11-6-5-8-19(21)15-17-25(26)33-29(18)27)32(20-9-3-2-4-10-20)24-13-7-12-22(30)28(24)31/h2-17H,1H3/i1D3. The van der Waals surface area contributed by atoms with E-state index < -0.39 is 6.85 Å². The van der Waals surface area contributed by atoms with Gasteiger partial charge in [0.1, 0.15) is 11.2 Å². The Balaban J connectivity index is 1.81. The summed E-state index contributed by atoms with van der Waals surface area (Å²) in [4.78, 5) is 2.00. The Morgan fingerprint density at radius 1 is 0.727 bits per heavy atom. The number of hydrogen-bond donors (Lipinski definition) is 0. The highest BCUT2D eigenvalue weighted by molar-refractivity contribution is 6.44. The van der Waals surface area contributed by atoms with Crippen molar-refractivity contribution >= 4 is 73.0 Å². The molecule has 0 aliphatic heterocycles. The Hall–Kier alpha value is -3.46. The number of furan rings is 1. The van der Waals surface area contributed by atoms with Gasteiger partial charge < -0.3 is 9.32 Å². The van der Waals surface area contributed by atoms with Gasteiger partial charge in [-0.15, -0.1) is 0 Å². The van der Waals surface area contributed by atoms with Crippen LogP contribution in [-0.4, -0.2) is 0 Å². The maximum absolute atomic E-state index is 8.18. The van der Waals surface area contributed by atoms with Crippen molar-refractivity contribution in [2.75, 3.05) is 4.90 Å². The van der Waals surface area contributed by atoms with Crippen molar-refractivity contribution in [3.63, 3.8) is 0 Å². The van der Waals surface area contributed by atoms with Gasteiger partial charge in [-0.3, -0.25) is 0 Å². The van der Waals surface area contributed by atoms with E-state index in [0.29, 0.717) is 32.3 Å². The summed E-state index contributed by atoms with van der Waals surface area (Å²) >= 11 is 13.2. The molecule has 0 bridgehead atoms. The molecule has 0 atom stereocenters. The topological polar surface area (TPSA) is 16.4 Å². The minimum Gasteiger partial charge on any atom is -0.456 e. The molecular weight excluding hydrogens is 449 g/mol. The predicted molar refractivity (Wildman–Crippen MR) is 141 cm³/mol.